The summed E-state index contributed by atoms with van der Waals surface area (Å²) < 4.78 is 5.68. The number of carboxylic acid groups (broad SMARTS) is 1. The number of ether oxygens (including phenoxy) is 1. The van der Waals surface area contributed by atoms with Gasteiger partial charge in [0, 0.05) is 18.2 Å². The Balaban J connectivity index is 1.63. The summed E-state index contributed by atoms with van der Waals surface area (Å²) >= 11 is 0. The summed E-state index contributed by atoms with van der Waals surface area (Å²) in [6, 6.07) is 7.37. The maximum atomic E-state index is 12.7. The molecule has 2 aliphatic rings. The third-order valence-corrected chi connectivity index (χ3v) is 4.42. The molecule has 1 N–H and O–H groups in total. The van der Waals surface area contributed by atoms with Crippen LogP contribution < -0.4 is 4.74 Å². The maximum absolute atomic E-state index is 12.7. The number of aliphatic carboxylic acids is 1. The Kier molecular flexibility index (Phi) is 4.55. The second-order valence-electron chi connectivity index (χ2n) is 6.71. The summed E-state index contributed by atoms with van der Waals surface area (Å²) in [4.78, 5) is 25.4. The highest BCUT2D eigenvalue weighted by molar-refractivity contribution is 5.95. The van der Waals surface area contributed by atoms with Crippen molar-refractivity contribution in [1.29, 1.82) is 0 Å². The maximum Gasteiger partial charge on any atom is 0.308 e. The Bertz CT molecular complexity index is 575. The first-order valence-electron chi connectivity index (χ1n) is 8.31. The van der Waals surface area contributed by atoms with Gasteiger partial charge in [-0.15, -0.1) is 0 Å². The average Bonchev–Trinajstić information content (AvgIpc) is 3.43. The third kappa shape index (κ3) is 4.24. The molecule has 2 aliphatic carbocycles. The van der Waals surface area contributed by atoms with Crippen molar-refractivity contribution in [2.24, 2.45) is 11.8 Å². The monoisotopic (exact) mass is 317 g/mol. The van der Waals surface area contributed by atoms with Gasteiger partial charge in [0.15, 0.2) is 0 Å². The summed E-state index contributed by atoms with van der Waals surface area (Å²) in [5.74, 6) is -0.0354. The number of amides is 1. The standard InChI is InChI=1S/C18H23NO4/c1-12(18(21)22)10-19(15-6-7-15)17(20)14-4-8-16(9-5-14)23-11-13-2-3-13/h4-5,8-9,12-13,15H,2-3,6-7,10-11H2,1H3,(H,21,22). The minimum Gasteiger partial charge on any atom is -0.493 e. The van der Waals surface area contributed by atoms with Crippen LogP contribution in [0.4, 0.5) is 0 Å². The molecule has 0 heterocycles. The molecule has 3 rings (SSSR count). The van der Waals surface area contributed by atoms with Gasteiger partial charge < -0.3 is 14.7 Å². The van der Waals surface area contributed by atoms with Crippen molar-refractivity contribution in [3.8, 4) is 5.75 Å². The van der Waals surface area contributed by atoms with Crippen molar-refractivity contribution in [3.63, 3.8) is 0 Å². The SMILES string of the molecule is CC(CN(C(=O)c1ccc(OCC2CC2)cc1)C1CC1)C(=O)O. The molecule has 1 unspecified atom stereocenters. The van der Waals surface area contributed by atoms with Gasteiger partial charge in [-0.1, -0.05) is 6.92 Å². The zero-order chi connectivity index (χ0) is 16.4. The van der Waals surface area contributed by atoms with Crippen molar-refractivity contribution in [2.45, 2.75) is 38.6 Å². The van der Waals surface area contributed by atoms with Crippen molar-refractivity contribution < 1.29 is 19.4 Å². The lowest BCUT2D eigenvalue weighted by Gasteiger charge is -2.24. The number of hydrogen-bond donors (Lipinski definition) is 1. The molecule has 0 bridgehead atoms. The van der Waals surface area contributed by atoms with Crippen LogP contribution in [0.5, 0.6) is 5.75 Å². The van der Waals surface area contributed by atoms with E-state index in [4.69, 9.17) is 9.84 Å². The first kappa shape index (κ1) is 15.8. The van der Waals surface area contributed by atoms with E-state index in [1.165, 1.54) is 12.8 Å². The van der Waals surface area contributed by atoms with E-state index < -0.39 is 11.9 Å². The molecule has 1 atom stereocenters. The molecule has 124 valence electrons. The molecule has 0 spiro atoms. The molecule has 1 aromatic rings. The highest BCUT2D eigenvalue weighted by Gasteiger charge is 2.34. The highest BCUT2D eigenvalue weighted by atomic mass is 16.5. The van der Waals surface area contributed by atoms with Crippen molar-refractivity contribution in [3.05, 3.63) is 29.8 Å². The smallest absolute Gasteiger partial charge is 0.308 e. The van der Waals surface area contributed by atoms with Crippen LogP contribution >= 0.6 is 0 Å². The second-order valence-corrected chi connectivity index (χ2v) is 6.71. The molecule has 5 heteroatoms. The Labute approximate surface area is 136 Å². The summed E-state index contributed by atoms with van der Waals surface area (Å²) in [5.41, 5.74) is 0.591. The Morgan fingerprint density at radius 1 is 1.22 bits per heavy atom. The molecular formula is C18H23NO4. The number of benzene rings is 1. The molecule has 0 aliphatic heterocycles. The zero-order valence-electron chi connectivity index (χ0n) is 13.4. The van der Waals surface area contributed by atoms with Crippen LogP contribution in [-0.4, -0.2) is 41.1 Å². The molecule has 2 saturated carbocycles. The second kappa shape index (κ2) is 6.60. The Hall–Kier alpha value is -2.04. The first-order chi connectivity index (χ1) is 11.0. The number of carboxylic acids is 1. The van der Waals surface area contributed by atoms with Gasteiger partial charge >= 0.3 is 5.97 Å². The van der Waals surface area contributed by atoms with Gasteiger partial charge in [0.2, 0.25) is 0 Å². The molecule has 23 heavy (non-hydrogen) atoms. The van der Waals surface area contributed by atoms with Gasteiger partial charge in [0.1, 0.15) is 5.75 Å². The molecule has 5 nitrogen and oxygen atoms in total. The van der Waals surface area contributed by atoms with Crippen LogP contribution in [0.15, 0.2) is 24.3 Å². The molecule has 2 fully saturated rings. The minimum absolute atomic E-state index is 0.0886. The van der Waals surface area contributed by atoms with Gasteiger partial charge in [-0.05, 0) is 55.9 Å². The topological polar surface area (TPSA) is 66.8 Å². The Morgan fingerprint density at radius 2 is 1.87 bits per heavy atom. The fourth-order valence-corrected chi connectivity index (χ4v) is 2.52. The number of hydrogen-bond acceptors (Lipinski definition) is 3. The molecule has 1 aromatic carbocycles. The number of carbonyl (C=O) groups is 2. The third-order valence-electron chi connectivity index (χ3n) is 4.42. The fourth-order valence-electron chi connectivity index (χ4n) is 2.52. The summed E-state index contributed by atoms with van der Waals surface area (Å²) in [6.07, 6.45) is 4.41. The lowest BCUT2D eigenvalue weighted by Crippen LogP contribution is -2.38. The fraction of sp³-hybridized carbons (Fsp3) is 0.556. The van der Waals surface area contributed by atoms with E-state index in [-0.39, 0.29) is 18.5 Å². The summed E-state index contributed by atoms with van der Waals surface area (Å²) in [7, 11) is 0. The van der Waals surface area contributed by atoms with Crippen LogP contribution in [0.3, 0.4) is 0 Å². The molecule has 1 amide bonds. The number of carbonyl (C=O) groups excluding carboxylic acids is 1. The Morgan fingerprint density at radius 3 is 2.39 bits per heavy atom. The molecule has 0 radical (unpaired) electrons. The minimum atomic E-state index is -0.868. The molecule has 0 aromatic heterocycles. The van der Waals surface area contributed by atoms with E-state index in [2.05, 4.69) is 0 Å². The van der Waals surface area contributed by atoms with Crippen molar-refractivity contribution in [1.82, 2.24) is 4.90 Å². The zero-order valence-corrected chi connectivity index (χ0v) is 13.4. The van der Waals surface area contributed by atoms with Crippen molar-refractivity contribution in [2.75, 3.05) is 13.2 Å². The normalized spacial score (nSPS) is 18.3. The number of rotatable bonds is 8. The largest absolute Gasteiger partial charge is 0.493 e. The van der Waals surface area contributed by atoms with E-state index in [1.807, 2.05) is 12.1 Å². The average molecular weight is 317 g/mol. The van der Waals surface area contributed by atoms with Crippen LogP contribution in [-0.2, 0) is 4.79 Å². The predicted molar refractivity (Wildman–Crippen MR) is 85.5 cm³/mol. The lowest BCUT2D eigenvalue weighted by atomic mass is 10.1. The van der Waals surface area contributed by atoms with E-state index in [0.29, 0.717) is 11.5 Å². The van der Waals surface area contributed by atoms with Gasteiger partial charge in [-0.2, -0.15) is 0 Å². The van der Waals surface area contributed by atoms with Gasteiger partial charge in [-0.25, -0.2) is 0 Å². The quantitative estimate of drug-likeness (QED) is 0.800. The summed E-state index contributed by atoms with van der Waals surface area (Å²) in [5, 5.41) is 9.08. The summed E-state index contributed by atoms with van der Waals surface area (Å²) in [6.45, 7) is 2.65. The van der Waals surface area contributed by atoms with E-state index in [9.17, 15) is 9.59 Å². The van der Waals surface area contributed by atoms with Crippen LogP contribution in [0.25, 0.3) is 0 Å². The van der Waals surface area contributed by atoms with Gasteiger partial charge in [0.25, 0.3) is 5.91 Å². The van der Waals surface area contributed by atoms with Crippen LogP contribution in [0.1, 0.15) is 43.0 Å². The van der Waals surface area contributed by atoms with Crippen LogP contribution in [0, 0.1) is 11.8 Å². The first-order valence-corrected chi connectivity index (χ1v) is 8.31. The highest BCUT2D eigenvalue weighted by Crippen LogP contribution is 2.31. The lowest BCUT2D eigenvalue weighted by molar-refractivity contribution is -0.141. The van der Waals surface area contributed by atoms with Gasteiger partial charge in [-0.3, -0.25) is 9.59 Å². The van der Waals surface area contributed by atoms with Crippen LogP contribution in [0.2, 0.25) is 0 Å². The van der Waals surface area contributed by atoms with E-state index >= 15 is 0 Å². The van der Waals surface area contributed by atoms with E-state index in [0.717, 1.165) is 25.2 Å². The molecule has 0 saturated heterocycles. The molecular weight excluding hydrogens is 294 g/mol. The van der Waals surface area contributed by atoms with Crippen molar-refractivity contribution >= 4 is 11.9 Å². The van der Waals surface area contributed by atoms with E-state index in [1.54, 1.807) is 24.0 Å². The number of nitrogens with zero attached hydrogens (tertiary/aromatic N) is 1. The predicted octanol–water partition coefficient (Wildman–Crippen LogP) is 2.80. The van der Waals surface area contributed by atoms with Gasteiger partial charge in [0.05, 0.1) is 12.5 Å².